The number of hydrogen-bond donors (Lipinski definition) is 1. The van der Waals surface area contributed by atoms with Crippen molar-refractivity contribution in [1.82, 2.24) is 20.2 Å². The summed E-state index contributed by atoms with van der Waals surface area (Å²) < 4.78 is 13.5. The summed E-state index contributed by atoms with van der Waals surface area (Å²) >= 11 is 0. The van der Waals surface area contributed by atoms with E-state index in [0.29, 0.717) is 25.3 Å². The third-order valence-corrected chi connectivity index (χ3v) is 3.74. The molecule has 1 aliphatic heterocycles. The zero-order valence-corrected chi connectivity index (χ0v) is 12.3. The number of nitrogens with one attached hydrogen (secondary N) is 1. The van der Waals surface area contributed by atoms with Crippen LogP contribution in [0.5, 0.6) is 0 Å². The van der Waals surface area contributed by atoms with E-state index in [1.54, 1.807) is 17.2 Å². The van der Waals surface area contributed by atoms with E-state index in [1.807, 2.05) is 13.0 Å². The number of aryl methyl sites for hydroxylation is 1. The Morgan fingerprint density at radius 2 is 2.23 bits per heavy atom. The zero-order valence-electron chi connectivity index (χ0n) is 12.3. The smallest absolute Gasteiger partial charge is 0.274 e. The van der Waals surface area contributed by atoms with Crippen LogP contribution >= 0.6 is 0 Å². The first kappa shape index (κ1) is 14.6. The van der Waals surface area contributed by atoms with E-state index in [1.165, 1.54) is 18.3 Å². The maximum Gasteiger partial charge on any atom is 0.274 e. The molecule has 5 nitrogen and oxygen atoms in total. The van der Waals surface area contributed by atoms with Crippen molar-refractivity contribution in [2.45, 2.75) is 13.0 Å². The Labute approximate surface area is 128 Å². The van der Waals surface area contributed by atoms with E-state index in [2.05, 4.69) is 15.3 Å². The number of carbonyl (C=O) groups is 1. The first-order valence-electron chi connectivity index (χ1n) is 7.21. The van der Waals surface area contributed by atoms with Crippen molar-refractivity contribution in [2.75, 3.05) is 19.6 Å². The highest BCUT2D eigenvalue weighted by molar-refractivity contribution is 5.92. The molecule has 0 spiro atoms. The normalized spacial score (nSPS) is 18.3. The van der Waals surface area contributed by atoms with Crippen LogP contribution in [0.3, 0.4) is 0 Å². The quantitative estimate of drug-likeness (QED) is 0.917. The lowest BCUT2D eigenvalue weighted by molar-refractivity contribution is 0.0627. The molecule has 0 saturated carbocycles. The van der Waals surface area contributed by atoms with Crippen molar-refractivity contribution >= 4 is 5.91 Å². The summed E-state index contributed by atoms with van der Waals surface area (Å²) in [6, 6.07) is 6.16. The fraction of sp³-hybridized carbons (Fsp3) is 0.312. The van der Waals surface area contributed by atoms with Gasteiger partial charge in [0.15, 0.2) is 0 Å². The highest BCUT2D eigenvalue weighted by Gasteiger charge is 2.29. The van der Waals surface area contributed by atoms with Gasteiger partial charge in [0.05, 0.1) is 17.9 Å². The number of nitrogens with zero attached hydrogens (tertiary/aromatic N) is 3. The highest BCUT2D eigenvalue weighted by Crippen LogP contribution is 2.24. The third-order valence-electron chi connectivity index (χ3n) is 3.74. The average Bonchev–Trinajstić information content (AvgIpc) is 2.55. The van der Waals surface area contributed by atoms with E-state index < -0.39 is 0 Å². The van der Waals surface area contributed by atoms with Crippen molar-refractivity contribution in [1.29, 1.82) is 0 Å². The Morgan fingerprint density at radius 1 is 1.36 bits per heavy atom. The molecule has 1 fully saturated rings. The summed E-state index contributed by atoms with van der Waals surface area (Å²) in [5.41, 5.74) is 1.85. The van der Waals surface area contributed by atoms with Gasteiger partial charge in [0, 0.05) is 25.8 Å². The first-order valence-corrected chi connectivity index (χ1v) is 7.21. The van der Waals surface area contributed by atoms with Crippen molar-refractivity contribution < 1.29 is 9.18 Å². The fourth-order valence-corrected chi connectivity index (χ4v) is 2.61. The fourth-order valence-electron chi connectivity index (χ4n) is 2.61. The number of piperazine rings is 1. The van der Waals surface area contributed by atoms with Crippen molar-refractivity contribution in [2.24, 2.45) is 0 Å². The minimum atomic E-state index is -0.300. The van der Waals surface area contributed by atoms with Crippen LogP contribution in [-0.2, 0) is 0 Å². The Morgan fingerprint density at radius 3 is 2.95 bits per heavy atom. The van der Waals surface area contributed by atoms with Gasteiger partial charge in [0.2, 0.25) is 0 Å². The number of hydrogen-bond acceptors (Lipinski definition) is 4. The van der Waals surface area contributed by atoms with Crippen molar-refractivity contribution in [3.8, 4) is 0 Å². The molecule has 22 heavy (non-hydrogen) atoms. The molecule has 1 aromatic heterocycles. The molecule has 0 radical (unpaired) electrons. The van der Waals surface area contributed by atoms with Crippen LogP contribution in [0.15, 0.2) is 36.7 Å². The van der Waals surface area contributed by atoms with Crippen LogP contribution in [0, 0.1) is 12.7 Å². The summed E-state index contributed by atoms with van der Waals surface area (Å²) in [6.45, 7) is 3.67. The molecular weight excluding hydrogens is 283 g/mol. The number of benzene rings is 1. The number of carbonyl (C=O) groups excluding carboxylic acids is 1. The lowest BCUT2D eigenvalue weighted by Crippen LogP contribution is -2.48. The van der Waals surface area contributed by atoms with Gasteiger partial charge in [0.25, 0.3) is 5.91 Å². The van der Waals surface area contributed by atoms with Crippen LogP contribution in [-0.4, -0.2) is 40.4 Å². The lowest BCUT2D eigenvalue weighted by Gasteiger charge is -2.36. The summed E-state index contributed by atoms with van der Waals surface area (Å²) in [4.78, 5) is 22.7. The summed E-state index contributed by atoms with van der Waals surface area (Å²) in [5.74, 6) is -0.478. The molecule has 2 heterocycles. The molecule has 3 rings (SSSR count). The molecule has 1 aromatic carbocycles. The van der Waals surface area contributed by atoms with Crippen molar-refractivity contribution in [3.63, 3.8) is 0 Å². The molecular formula is C16H17FN4O. The number of amides is 1. The molecule has 1 amide bonds. The first-order chi connectivity index (χ1) is 10.6. The molecule has 1 N–H and O–H groups in total. The van der Waals surface area contributed by atoms with Gasteiger partial charge < -0.3 is 10.2 Å². The van der Waals surface area contributed by atoms with E-state index in [9.17, 15) is 9.18 Å². The van der Waals surface area contributed by atoms with E-state index in [-0.39, 0.29) is 17.8 Å². The van der Waals surface area contributed by atoms with Crippen LogP contribution in [0.1, 0.15) is 27.8 Å². The minimum absolute atomic E-state index is 0.178. The van der Waals surface area contributed by atoms with Gasteiger partial charge in [-0.15, -0.1) is 0 Å². The standard InChI is InChI=1S/C16H17FN4O/c1-11-8-20-14(9-19-11)16(22)21-6-5-18-10-15(21)12-3-2-4-13(17)7-12/h2-4,7-9,15,18H,5-6,10H2,1H3. The van der Waals surface area contributed by atoms with Crippen molar-refractivity contribution in [3.05, 3.63) is 59.4 Å². The number of rotatable bonds is 2. The predicted molar refractivity (Wildman–Crippen MR) is 79.8 cm³/mol. The third kappa shape index (κ3) is 2.96. The van der Waals surface area contributed by atoms with E-state index >= 15 is 0 Å². The molecule has 1 saturated heterocycles. The molecule has 2 aromatic rings. The second-order valence-corrected chi connectivity index (χ2v) is 5.32. The Hall–Kier alpha value is -2.34. The summed E-state index contributed by atoms with van der Waals surface area (Å²) in [5, 5.41) is 3.25. The molecule has 1 aliphatic rings. The maximum absolute atomic E-state index is 13.5. The number of aromatic nitrogens is 2. The zero-order chi connectivity index (χ0) is 15.5. The van der Waals surface area contributed by atoms with Gasteiger partial charge in [-0.3, -0.25) is 9.78 Å². The van der Waals surface area contributed by atoms with Gasteiger partial charge in [0.1, 0.15) is 11.5 Å². The largest absolute Gasteiger partial charge is 0.328 e. The number of halogens is 1. The molecule has 114 valence electrons. The maximum atomic E-state index is 13.5. The SMILES string of the molecule is Cc1cnc(C(=O)N2CCNCC2c2cccc(F)c2)cn1. The monoisotopic (exact) mass is 300 g/mol. The summed E-state index contributed by atoms with van der Waals surface area (Å²) in [6.07, 6.45) is 3.06. The van der Waals surface area contributed by atoms with E-state index in [0.717, 1.165) is 11.3 Å². The van der Waals surface area contributed by atoms with Crippen LogP contribution in [0.4, 0.5) is 4.39 Å². The van der Waals surface area contributed by atoms with Gasteiger partial charge in [-0.2, -0.15) is 0 Å². The van der Waals surface area contributed by atoms with E-state index in [4.69, 9.17) is 0 Å². The van der Waals surface area contributed by atoms with Gasteiger partial charge in [-0.05, 0) is 24.6 Å². The van der Waals surface area contributed by atoms with Crippen LogP contribution in [0.2, 0.25) is 0 Å². The highest BCUT2D eigenvalue weighted by atomic mass is 19.1. The molecule has 0 aliphatic carbocycles. The Kier molecular flexibility index (Phi) is 4.11. The predicted octanol–water partition coefficient (Wildman–Crippen LogP) is 1.71. The average molecular weight is 300 g/mol. The van der Waals surface area contributed by atoms with Gasteiger partial charge in [-0.25, -0.2) is 9.37 Å². The lowest BCUT2D eigenvalue weighted by atomic mass is 10.0. The topological polar surface area (TPSA) is 58.1 Å². The molecule has 0 bridgehead atoms. The molecule has 1 unspecified atom stereocenters. The second kappa shape index (κ2) is 6.19. The van der Waals surface area contributed by atoms with Crippen LogP contribution < -0.4 is 5.32 Å². The Bertz CT molecular complexity index is 674. The molecule has 1 atom stereocenters. The minimum Gasteiger partial charge on any atom is -0.328 e. The summed E-state index contributed by atoms with van der Waals surface area (Å²) in [7, 11) is 0. The van der Waals surface area contributed by atoms with Gasteiger partial charge in [-0.1, -0.05) is 12.1 Å². The second-order valence-electron chi connectivity index (χ2n) is 5.32. The van der Waals surface area contributed by atoms with Crippen LogP contribution in [0.25, 0.3) is 0 Å². The van der Waals surface area contributed by atoms with Gasteiger partial charge >= 0.3 is 0 Å². The Balaban J connectivity index is 1.89. The molecule has 6 heteroatoms.